The lowest BCUT2D eigenvalue weighted by Gasteiger charge is -2.15. The van der Waals surface area contributed by atoms with Gasteiger partial charge >= 0.3 is 0 Å². The van der Waals surface area contributed by atoms with Crippen molar-refractivity contribution in [2.45, 2.75) is 12.8 Å². The summed E-state index contributed by atoms with van der Waals surface area (Å²) in [5.41, 5.74) is 3.23. The smallest absolute Gasteiger partial charge is 0.0361 e. The zero-order valence-electron chi connectivity index (χ0n) is 9.62. The second-order valence-electron chi connectivity index (χ2n) is 3.88. The van der Waals surface area contributed by atoms with E-state index in [1.165, 1.54) is 11.3 Å². The van der Waals surface area contributed by atoms with Gasteiger partial charge in [-0.05, 0) is 17.7 Å². The first-order valence-corrected chi connectivity index (χ1v) is 4.99. The molecule has 0 fully saturated rings. The molecule has 1 rings (SSSR count). The molecule has 0 N–H and O–H groups in total. The highest BCUT2D eigenvalue weighted by atomic mass is 15.1. The van der Waals surface area contributed by atoms with Gasteiger partial charge in [0.25, 0.3) is 0 Å². The monoisotopic (exact) mass is 199 g/mol. The van der Waals surface area contributed by atoms with Crippen LogP contribution in [-0.2, 0) is 0 Å². The number of benzene rings is 1. The predicted molar refractivity (Wildman–Crippen MR) is 67.2 cm³/mol. The molecule has 0 saturated carbocycles. The molecular weight excluding hydrogens is 182 g/mol. The molecule has 0 aliphatic rings. The Morgan fingerprint density at radius 3 is 2.27 bits per heavy atom. The Kier molecular flexibility index (Phi) is 3.57. The first-order valence-electron chi connectivity index (χ1n) is 4.99. The quantitative estimate of drug-likeness (QED) is 0.676. The van der Waals surface area contributed by atoms with Gasteiger partial charge in [0.05, 0.1) is 0 Å². The largest absolute Gasteiger partial charge is 0.378 e. The molecule has 0 aliphatic heterocycles. The molecule has 78 valence electrons. The number of hydrogen-bond donors (Lipinski definition) is 0. The van der Waals surface area contributed by atoms with Crippen LogP contribution in [0.2, 0.25) is 0 Å². The Morgan fingerprint density at radius 1 is 1.33 bits per heavy atom. The van der Waals surface area contributed by atoms with Gasteiger partial charge in [-0.1, -0.05) is 31.6 Å². The van der Waals surface area contributed by atoms with E-state index < -0.39 is 0 Å². The van der Waals surface area contributed by atoms with Crippen molar-refractivity contribution < 1.29 is 0 Å². The van der Waals surface area contributed by atoms with E-state index in [9.17, 15) is 0 Å². The summed E-state index contributed by atoms with van der Waals surface area (Å²) < 4.78 is 0. The first kappa shape index (κ1) is 11.4. The lowest BCUT2D eigenvalue weighted by molar-refractivity contribution is 0.934. The fourth-order valence-electron chi connectivity index (χ4n) is 1.39. The van der Waals surface area contributed by atoms with Crippen molar-refractivity contribution in [1.82, 2.24) is 0 Å². The summed E-state index contributed by atoms with van der Waals surface area (Å²) in [7, 11) is 4.05. The first-order chi connectivity index (χ1) is 7.06. The molecule has 0 saturated heterocycles. The highest BCUT2D eigenvalue weighted by molar-refractivity contribution is 5.48. The van der Waals surface area contributed by atoms with Gasteiger partial charge in [0, 0.05) is 31.3 Å². The summed E-state index contributed by atoms with van der Waals surface area (Å²) in [6.45, 7) is 5.94. The SMILES string of the molecule is C#CC(=C)C(C)c1ccc(N(C)C)cc1. The van der Waals surface area contributed by atoms with Crippen LogP contribution in [0.4, 0.5) is 5.69 Å². The second-order valence-corrected chi connectivity index (χ2v) is 3.88. The van der Waals surface area contributed by atoms with E-state index in [1.807, 2.05) is 14.1 Å². The average molecular weight is 199 g/mol. The third-order valence-corrected chi connectivity index (χ3v) is 2.62. The summed E-state index contributed by atoms with van der Waals surface area (Å²) in [5, 5.41) is 0. The normalized spacial score (nSPS) is 11.6. The number of nitrogens with zero attached hydrogens (tertiary/aromatic N) is 1. The molecular formula is C14H17N. The van der Waals surface area contributed by atoms with E-state index in [2.05, 4.69) is 48.6 Å². The lowest BCUT2D eigenvalue weighted by atomic mass is 9.94. The maximum atomic E-state index is 5.33. The Bertz CT molecular complexity index is 379. The molecule has 1 atom stereocenters. The molecule has 1 unspecified atom stereocenters. The fourth-order valence-corrected chi connectivity index (χ4v) is 1.39. The summed E-state index contributed by atoms with van der Waals surface area (Å²) in [6.07, 6.45) is 5.33. The van der Waals surface area contributed by atoms with E-state index in [-0.39, 0.29) is 5.92 Å². The maximum Gasteiger partial charge on any atom is 0.0361 e. The molecule has 1 aromatic rings. The number of allylic oxidation sites excluding steroid dienone is 1. The van der Waals surface area contributed by atoms with Crippen molar-refractivity contribution in [2.75, 3.05) is 19.0 Å². The van der Waals surface area contributed by atoms with Gasteiger partial charge in [0.15, 0.2) is 0 Å². The number of terminal acetylenes is 1. The molecule has 0 aliphatic carbocycles. The summed E-state index contributed by atoms with van der Waals surface area (Å²) in [5.74, 6) is 2.82. The zero-order chi connectivity index (χ0) is 11.4. The molecule has 15 heavy (non-hydrogen) atoms. The van der Waals surface area contributed by atoms with E-state index in [0.29, 0.717) is 0 Å². The van der Waals surface area contributed by atoms with Gasteiger partial charge in [0.2, 0.25) is 0 Å². The van der Waals surface area contributed by atoms with Crippen molar-refractivity contribution in [3.05, 3.63) is 42.0 Å². The van der Waals surface area contributed by atoms with E-state index in [0.717, 1.165) is 5.57 Å². The molecule has 0 radical (unpaired) electrons. The third kappa shape index (κ3) is 2.63. The van der Waals surface area contributed by atoms with Gasteiger partial charge in [-0.15, -0.1) is 6.42 Å². The maximum absolute atomic E-state index is 5.33. The average Bonchev–Trinajstić information content (AvgIpc) is 2.27. The van der Waals surface area contributed by atoms with Crippen LogP contribution in [-0.4, -0.2) is 14.1 Å². The zero-order valence-corrected chi connectivity index (χ0v) is 9.62. The van der Waals surface area contributed by atoms with Crippen molar-refractivity contribution in [2.24, 2.45) is 0 Å². The minimum Gasteiger partial charge on any atom is -0.378 e. The molecule has 0 bridgehead atoms. The Morgan fingerprint density at radius 2 is 1.87 bits per heavy atom. The van der Waals surface area contributed by atoms with Gasteiger partial charge in [-0.25, -0.2) is 0 Å². The molecule has 0 amide bonds. The minimum atomic E-state index is 0.228. The Labute approximate surface area is 92.4 Å². The molecule has 1 nitrogen and oxygen atoms in total. The second kappa shape index (κ2) is 4.70. The molecule has 0 heterocycles. The van der Waals surface area contributed by atoms with Crippen LogP contribution in [0.5, 0.6) is 0 Å². The van der Waals surface area contributed by atoms with Crippen molar-refractivity contribution in [3.8, 4) is 12.3 Å². The Hall–Kier alpha value is -1.68. The van der Waals surface area contributed by atoms with Crippen LogP contribution in [0.3, 0.4) is 0 Å². The van der Waals surface area contributed by atoms with Gasteiger partial charge < -0.3 is 4.90 Å². The van der Waals surface area contributed by atoms with Gasteiger partial charge in [-0.3, -0.25) is 0 Å². The molecule has 0 aromatic heterocycles. The van der Waals surface area contributed by atoms with Crippen LogP contribution >= 0.6 is 0 Å². The van der Waals surface area contributed by atoms with Crippen molar-refractivity contribution in [1.29, 1.82) is 0 Å². The van der Waals surface area contributed by atoms with E-state index in [1.54, 1.807) is 0 Å². The molecule has 0 spiro atoms. The van der Waals surface area contributed by atoms with Crippen LogP contribution in [0.15, 0.2) is 36.4 Å². The van der Waals surface area contributed by atoms with E-state index in [4.69, 9.17) is 6.42 Å². The van der Waals surface area contributed by atoms with Crippen LogP contribution < -0.4 is 4.90 Å². The van der Waals surface area contributed by atoms with Gasteiger partial charge in [-0.2, -0.15) is 0 Å². The minimum absolute atomic E-state index is 0.228. The lowest BCUT2D eigenvalue weighted by Crippen LogP contribution is -2.08. The highest BCUT2D eigenvalue weighted by Gasteiger charge is 2.07. The number of hydrogen-bond acceptors (Lipinski definition) is 1. The standard InChI is InChI=1S/C14H17N/c1-6-11(2)12(3)13-7-9-14(10-8-13)15(4)5/h1,7-10,12H,2H2,3-5H3. The van der Waals surface area contributed by atoms with Crippen LogP contribution in [0, 0.1) is 12.3 Å². The summed E-state index contributed by atoms with van der Waals surface area (Å²) in [6, 6.07) is 8.39. The topological polar surface area (TPSA) is 3.24 Å². The van der Waals surface area contributed by atoms with Crippen LogP contribution in [0.25, 0.3) is 0 Å². The predicted octanol–water partition coefficient (Wildman–Crippen LogP) is 3.05. The highest BCUT2D eigenvalue weighted by Crippen LogP contribution is 2.23. The third-order valence-electron chi connectivity index (χ3n) is 2.62. The fraction of sp³-hybridized carbons (Fsp3) is 0.286. The Balaban J connectivity index is 2.90. The summed E-state index contributed by atoms with van der Waals surface area (Å²) >= 11 is 0. The van der Waals surface area contributed by atoms with Crippen LogP contribution in [0.1, 0.15) is 18.4 Å². The van der Waals surface area contributed by atoms with Crippen molar-refractivity contribution >= 4 is 5.69 Å². The summed E-state index contributed by atoms with van der Waals surface area (Å²) in [4.78, 5) is 2.07. The molecule has 1 heteroatoms. The van der Waals surface area contributed by atoms with E-state index >= 15 is 0 Å². The number of rotatable bonds is 3. The molecule has 1 aromatic carbocycles. The van der Waals surface area contributed by atoms with Gasteiger partial charge in [0.1, 0.15) is 0 Å². The number of anilines is 1. The van der Waals surface area contributed by atoms with Crippen molar-refractivity contribution in [3.63, 3.8) is 0 Å².